The monoisotopic (exact) mass is 336 g/mol. The van der Waals surface area contributed by atoms with Gasteiger partial charge in [0.2, 0.25) is 0 Å². The van der Waals surface area contributed by atoms with E-state index in [1.54, 1.807) is 5.01 Å². The predicted octanol–water partition coefficient (Wildman–Crippen LogP) is 4.87. The number of nitrogens with zero attached hydrogens (tertiary/aromatic N) is 4. The summed E-state index contributed by atoms with van der Waals surface area (Å²) in [6, 6.07) is 2.29. The Hall–Kier alpha value is -2.16. The summed E-state index contributed by atoms with van der Waals surface area (Å²) in [6.45, 7) is 17.7. The number of carbonyl (C=O) groups excluding carboxylic acids is 1. The number of nitriles is 1. The molecule has 6 nitrogen and oxygen atoms in total. The number of hydrogen-bond acceptors (Lipinski definition) is 5. The van der Waals surface area contributed by atoms with E-state index in [-0.39, 0.29) is 18.3 Å². The molecule has 0 fully saturated rings. The van der Waals surface area contributed by atoms with E-state index in [4.69, 9.17) is 4.74 Å². The third-order valence-electron chi connectivity index (χ3n) is 3.63. The van der Waals surface area contributed by atoms with Crippen molar-refractivity contribution in [2.75, 3.05) is 13.2 Å². The quantitative estimate of drug-likeness (QED) is 0.233. The van der Waals surface area contributed by atoms with Crippen LogP contribution in [0.1, 0.15) is 53.9 Å². The summed E-state index contributed by atoms with van der Waals surface area (Å²) >= 11 is 0. The number of rotatable bonds is 11. The third-order valence-corrected chi connectivity index (χ3v) is 3.63. The highest BCUT2D eigenvalue weighted by atomic mass is 16.5. The van der Waals surface area contributed by atoms with Crippen molar-refractivity contribution >= 4 is 5.97 Å². The molecular weight excluding hydrogens is 304 g/mol. The Kier molecular flexibility index (Phi) is 14.5. The van der Waals surface area contributed by atoms with E-state index in [1.165, 1.54) is 12.4 Å². The SMILES string of the molecule is C=CN=NN(C=C)CCCOC(=O)CCC(C)(C#N)C(C)C.CC. The van der Waals surface area contributed by atoms with Crippen molar-refractivity contribution in [1.82, 2.24) is 5.01 Å². The Labute approximate surface area is 146 Å². The van der Waals surface area contributed by atoms with Crippen LogP contribution in [0.2, 0.25) is 0 Å². The lowest BCUT2D eigenvalue weighted by atomic mass is 9.77. The molecule has 0 radical (unpaired) electrons. The van der Waals surface area contributed by atoms with Gasteiger partial charge in [0.1, 0.15) is 0 Å². The number of esters is 1. The van der Waals surface area contributed by atoms with Crippen molar-refractivity contribution in [3.05, 3.63) is 25.6 Å². The first-order valence-electron chi connectivity index (χ1n) is 8.37. The molecule has 0 spiro atoms. The van der Waals surface area contributed by atoms with Crippen LogP contribution in [-0.2, 0) is 9.53 Å². The van der Waals surface area contributed by atoms with Crippen LogP contribution >= 0.6 is 0 Å². The first kappa shape index (κ1) is 24.1. The van der Waals surface area contributed by atoms with Crippen LogP contribution in [-0.4, -0.2) is 24.1 Å². The molecule has 0 saturated heterocycles. The van der Waals surface area contributed by atoms with E-state index in [0.29, 0.717) is 26.0 Å². The summed E-state index contributed by atoms with van der Waals surface area (Å²) in [7, 11) is 0. The average molecular weight is 336 g/mol. The van der Waals surface area contributed by atoms with Gasteiger partial charge in [0.25, 0.3) is 0 Å². The minimum absolute atomic E-state index is 0.196. The van der Waals surface area contributed by atoms with Crippen LogP contribution in [0, 0.1) is 22.7 Å². The Bertz CT molecular complexity index is 441. The molecule has 0 aliphatic rings. The van der Waals surface area contributed by atoms with Crippen molar-refractivity contribution < 1.29 is 9.53 Å². The molecule has 0 aliphatic heterocycles. The Morgan fingerprint density at radius 1 is 1.42 bits per heavy atom. The Morgan fingerprint density at radius 2 is 2.04 bits per heavy atom. The topological polar surface area (TPSA) is 78.0 Å². The molecule has 0 saturated carbocycles. The number of ether oxygens (including phenoxy) is 1. The van der Waals surface area contributed by atoms with Gasteiger partial charge in [-0.1, -0.05) is 46.1 Å². The van der Waals surface area contributed by atoms with E-state index in [9.17, 15) is 10.1 Å². The highest BCUT2D eigenvalue weighted by molar-refractivity contribution is 5.69. The first-order valence-corrected chi connectivity index (χ1v) is 8.37. The van der Waals surface area contributed by atoms with Crippen molar-refractivity contribution in [3.8, 4) is 6.07 Å². The standard InChI is InChI=1S/C16H26N4O2.C2H6/c1-6-18-19-20(7-2)11-8-12-22-15(21)9-10-16(5,13-17)14(3)4;1-2/h6-7,14H,1-2,8-12H2,3-5H3;1-2H3. The van der Waals surface area contributed by atoms with Crippen molar-refractivity contribution in [3.63, 3.8) is 0 Å². The molecule has 1 atom stereocenters. The van der Waals surface area contributed by atoms with Gasteiger partial charge in [-0.15, -0.1) is 5.11 Å². The Balaban J connectivity index is 0. The largest absolute Gasteiger partial charge is 0.466 e. The van der Waals surface area contributed by atoms with Crippen LogP contribution < -0.4 is 0 Å². The molecule has 24 heavy (non-hydrogen) atoms. The normalized spacial score (nSPS) is 12.5. The summed E-state index contributed by atoms with van der Waals surface area (Å²) in [5.41, 5.74) is -0.496. The number of carbonyl (C=O) groups is 1. The molecule has 0 aromatic rings. The van der Waals surface area contributed by atoms with Crippen molar-refractivity contribution in [2.45, 2.75) is 53.9 Å². The lowest BCUT2D eigenvalue weighted by Crippen LogP contribution is -2.23. The van der Waals surface area contributed by atoms with E-state index in [2.05, 4.69) is 29.6 Å². The van der Waals surface area contributed by atoms with Crippen LogP contribution in [0.5, 0.6) is 0 Å². The highest BCUT2D eigenvalue weighted by Gasteiger charge is 2.28. The lowest BCUT2D eigenvalue weighted by molar-refractivity contribution is -0.144. The summed E-state index contributed by atoms with van der Waals surface area (Å²) in [4.78, 5) is 11.7. The maximum absolute atomic E-state index is 11.7. The van der Waals surface area contributed by atoms with Crippen LogP contribution in [0.4, 0.5) is 0 Å². The van der Waals surface area contributed by atoms with Gasteiger partial charge in [-0.05, 0) is 19.3 Å². The molecule has 0 heterocycles. The van der Waals surface area contributed by atoms with Gasteiger partial charge >= 0.3 is 5.97 Å². The average Bonchev–Trinajstić information content (AvgIpc) is 2.60. The fourth-order valence-corrected chi connectivity index (χ4v) is 1.60. The molecule has 0 rings (SSSR count). The minimum Gasteiger partial charge on any atom is -0.466 e. The van der Waals surface area contributed by atoms with Crippen LogP contribution in [0.15, 0.2) is 35.9 Å². The van der Waals surface area contributed by atoms with E-state index in [1.807, 2.05) is 34.6 Å². The van der Waals surface area contributed by atoms with Gasteiger partial charge in [-0.25, -0.2) is 0 Å². The van der Waals surface area contributed by atoms with Gasteiger partial charge < -0.3 is 4.74 Å². The maximum Gasteiger partial charge on any atom is 0.305 e. The van der Waals surface area contributed by atoms with Crippen LogP contribution in [0.3, 0.4) is 0 Å². The summed E-state index contributed by atoms with van der Waals surface area (Å²) < 4.78 is 5.16. The molecule has 0 bridgehead atoms. The van der Waals surface area contributed by atoms with E-state index >= 15 is 0 Å². The second-order valence-corrected chi connectivity index (χ2v) is 5.49. The lowest BCUT2D eigenvalue weighted by Gasteiger charge is -2.25. The van der Waals surface area contributed by atoms with Gasteiger partial charge in [-0.3, -0.25) is 9.80 Å². The maximum atomic E-state index is 11.7. The van der Waals surface area contributed by atoms with Gasteiger partial charge in [0.05, 0.1) is 18.1 Å². The van der Waals surface area contributed by atoms with E-state index in [0.717, 1.165) is 0 Å². The predicted molar refractivity (Wildman–Crippen MR) is 96.7 cm³/mol. The fourth-order valence-electron chi connectivity index (χ4n) is 1.60. The minimum atomic E-state index is -0.496. The first-order chi connectivity index (χ1) is 11.4. The summed E-state index contributed by atoms with van der Waals surface area (Å²) in [6.07, 6.45) is 4.25. The second-order valence-electron chi connectivity index (χ2n) is 5.49. The zero-order chi connectivity index (χ0) is 19.0. The zero-order valence-corrected chi connectivity index (χ0v) is 15.8. The molecule has 0 amide bonds. The van der Waals surface area contributed by atoms with Gasteiger partial charge in [0.15, 0.2) is 0 Å². The number of hydrogen-bond donors (Lipinski definition) is 0. The molecule has 0 N–H and O–H groups in total. The summed E-state index contributed by atoms with van der Waals surface area (Å²) in [5.74, 6) is -0.0818. The Morgan fingerprint density at radius 3 is 2.50 bits per heavy atom. The smallest absolute Gasteiger partial charge is 0.305 e. The molecule has 0 aromatic carbocycles. The van der Waals surface area contributed by atoms with Gasteiger partial charge in [0, 0.05) is 31.8 Å². The molecule has 136 valence electrons. The third kappa shape index (κ3) is 10.5. The van der Waals surface area contributed by atoms with Gasteiger partial charge in [-0.2, -0.15) is 5.26 Å². The molecule has 0 aromatic heterocycles. The molecule has 0 aliphatic carbocycles. The highest BCUT2D eigenvalue weighted by Crippen LogP contribution is 2.31. The zero-order valence-electron chi connectivity index (χ0n) is 15.8. The summed E-state index contributed by atoms with van der Waals surface area (Å²) in [5, 5.41) is 18.2. The second kappa shape index (κ2) is 14.4. The fraction of sp³-hybridized carbons (Fsp3) is 0.667. The molecule has 1 unspecified atom stereocenters. The van der Waals surface area contributed by atoms with E-state index < -0.39 is 5.41 Å². The van der Waals surface area contributed by atoms with Crippen molar-refractivity contribution in [2.24, 2.45) is 21.7 Å². The van der Waals surface area contributed by atoms with Crippen LogP contribution in [0.25, 0.3) is 0 Å². The molecular formula is C18H32N4O2. The van der Waals surface area contributed by atoms with Crippen molar-refractivity contribution in [1.29, 1.82) is 5.26 Å². The molecule has 6 heteroatoms.